The van der Waals surface area contributed by atoms with Crippen molar-refractivity contribution >= 4 is 11.1 Å². The van der Waals surface area contributed by atoms with Crippen molar-refractivity contribution in [3.63, 3.8) is 0 Å². The zero-order valence-corrected chi connectivity index (χ0v) is 9.11. The molecule has 0 amide bonds. The van der Waals surface area contributed by atoms with Crippen molar-refractivity contribution in [3.05, 3.63) is 24.3 Å². The maximum absolute atomic E-state index is 11.2. The number of hydrogen-bond acceptors (Lipinski definition) is 1. The Kier molecular flexibility index (Phi) is 2.88. The predicted molar refractivity (Wildman–Crippen MR) is 58.2 cm³/mol. The van der Waals surface area contributed by atoms with Crippen LogP contribution in [0.5, 0.6) is 0 Å². The minimum atomic E-state index is -1.67. The van der Waals surface area contributed by atoms with Crippen LogP contribution in [-0.2, 0) is 11.1 Å². The first-order chi connectivity index (χ1) is 6.70. The second-order valence-electron chi connectivity index (χ2n) is 4.29. The zero-order chi connectivity index (χ0) is 10.1. The van der Waals surface area contributed by atoms with Gasteiger partial charge in [-0.05, 0) is 24.7 Å². The van der Waals surface area contributed by atoms with Crippen LogP contribution in [0.1, 0.15) is 19.8 Å². The van der Waals surface area contributed by atoms with Crippen molar-refractivity contribution in [2.75, 3.05) is 0 Å². The highest BCUT2D eigenvalue weighted by Crippen LogP contribution is 2.40. The van der Waals surface area contributed by atoms with Crippen molar-refractivity contribution in [1.82, 2.24) is 0 Å². The zero-order valence-electron chi connectivity index (χ0n) is 8.30. The highest BCUT2D eigenvalue weighted by atomic mass is 32.2. The Balaban J connectivity index is 2.22. The SMILES string of the molecule is CC1CCC(S(=O)O)C2C=CC=CC12. The van der Waals surface area contributed by atoms with Gasteiger partial charge in [-0.25, -0.2) is 4.21 Å². The van der Waals surface area contributed by atoms with Gasteiger partial charge >= 0.3 is 0 Å². The van der Waals surface area contributed by atoms with Gasteiger partial charge in [0.2, 0.25) is 0 Å². The van der Waals surface area contributed by atoms with Crippen LogP contribution in [0.3, 0.4) is 0 Å². The Bertz CT molecular complexity index is 294. The second-order valence-corrected chi connectivity index (χ2v) is 5.45. The lowest BCUT2D eigenvalue weighted by molar-refractivity contribution is 0.245. The van der Waals surface area contributed by atoms with Gasteiger partial charge in [0.15, 0.2) is 11.1 Å². The van der Waals surface area contributed by atoms with Crippen molar-refractivity contribution in [3.8, 4) is 0 Å². The predicted octanol–water partition coefficient (Wildman–Crippen LogP) is 2.37. The summed E-state index contributed by atoms with van der Waals surface area (Å²) < 4.78 is 20.4. The maximum atomic E-state index is 11.2. The van der Waals surface area contributed by atoms with E-state index in [9.17, 15) is 8.76 Å². The van der Waals surface area contributed by atoms with E-state index in [1.807, 2.05) is 6.08 Å². The molecular formula is C11H16O2S. The van der Waals surface area contributed by atoms with E-state index in [0.717, 1.165) is 12.8 Å². The third-order valence-electron chi connectivity index (χ3n) is 3.47. The third-order valence-corrected chi connectivity index (χ3v) is 4.54. The van der Waals surface area contributed by atoms with Gasteiger partial charge in [0.1, 0.15) is 0 Å². The third kappa shape index (κ3) is 1.71. The highest BCUT2D eigenvalue weighted by molar-refractivity contribution is 7.79. The van der Waals surface area contributed by atoms with Crippen molar-refractivity contribution < 1.29 is 8.76 Å². The molecule has 0 aromatic rings. The molecule has 0 bridgehead atoms. The van der Waals surface area contributed by atoms with Gasteiger partial charge < -0.3 is 4.55 Å². The Hall–Kier alpha value is -0.410. The van der Waals surface area contributed by atoms with Gasteiger partial charge in [-0.15, -0.1) is 0 Å². The Morgan fingerprint density at radius 3 is 2.50 bits per heavy atom. The lowest BCUT2D eigenvalue weighted by Crippen LogP contribution is -2.38. The molecular weight excluding hydrogens is 196 g/mol. The van der Waals surface area contributed by atoms with Gasteiger partial charge in [0.05, 0.1) is 5.25 Å². The Morgan fingerprint density at radius 1 is 1.21 bits per heavy atom. The van der Waals surface area contributed by atoms with Crippen LogP contribution < -0.4 is 0 Å². The summed E-state index contributed by atoms with van der Waals surface area (Å²) in [6, 6.07) is 0. The van der Waals surface area contributed by atoms with Crippen LogP contribution in [0.15, 0.2) is 24.3 Å². The average molecular weight is 212 g/mol. The topological polar surface area (TPSA) is 37.3 Å². The normalized spacial score (nSPS) is 43.3. The summed E-state index contributed by atoms with van der Waals surface area (Å²) in [5.74, 6) is 1.38. The maximum Gasteiger partial charge on any atom is 0.156 e. The average Bonchev–Trinajstić information content (AvgIpc) is 2.18. The molecule has 0 aromatic carbocycles. The Labute approximate surface area is 87.4 Å². The number of hydrogen-bond donors (Lipinski definition) is 1. The molecule has 2 nitrogen and oxygen atoms in total. The van der Waals surface area contributed by atoms with E-state index < -0.39 is 11.1 Å². The first-order valence-corrected chi connectivity index (χ1v) is 6.32. The standard InChI is InChI=1S/C11H16O2S/c1-8-6-7-11(14(12)13)10-5-3-2-4-9(8)10/h2-5,8-11H,6-7H2,1H3,(H,12,13). The fourth-order valence-corrected chi connectivity index (χ4v) is 3.51. The van der Waals surface area contributed by atoms with E-state index in [-0.39, 0.29) is 11.2 Å². The van der Waals surface area contributed by atoms with Crippen LogP contribution in [0.4, 0.5) is 0 Å². The monoisotopic (exact) mass is 212 g/mol. The van der Waals surface area contributed by atoms with Crippen LogP contribution in [0, 0.1) is 17.8 Å². The van der Waals surface area contributed by atoms with E-state index in [4.69, 9.17) is 0 Å². The molecule has 78 valence electrons. The summed E-state index contributed by atoms with van der Waals surface area (Å²) in [4.78, 5) is 0. The lowest BCUT2D eigenvalue weighted by Gasteiger charge is -2.38. The van der Waals surface area contributed by atoms with E-state index in [2.05, 4.69) is 25.2 Å². The van der Waals surface area contributed by atoms with Crippen molar-refractivity contribution in [2.45, 2.75) is 25.0 Å². The summed E-state index contributed by atoms with van der Waals surface area (Å²) in [5, 5.41) is -0.0580. The van der Waals surface area contributed by atoms with Gasteiger partial charge in [0.25, 0.3) is 0 Å². The number of fused-ring (bicyclic) bond motifs is 1. The van der Waals surface area contributed by atoms with E-state index in [0.29, 0.717) is 11.8 Å². The summed E-state index contributed by atoms with van der Waals surface area (Å²) in [5.41, 5.74) is 0. The second kappa shape index (κ2) is 3.99. The molecule has 1 fully saturated rings. The molecule has 5 atom stereocenters. The highest BCUT2D eigenvalue weighted by Gasteiger charge is 2.38. The minimum absolute atomic E-state index is 0.0580. The van der Waals surface area contributed by atoms with Crippen LogP contribution in [0.25, 0.3) is 0 Å². The first kappa shape index (κ1) is 10.1. The van der Waals surface area contributed by atoms with Gasteiger partial charge in [-0.2, -0.15) is 0 Å². The van der Waals surface area contributed by atoms with Gasteiger partial charge in [0, 0.05) is 5.92 Å². The molecule has 2 rings (SSSR count). The van der Waals surface area contributed by atoms with E-state index >= 15 is 0 Å². The molecule has 5 unspecified atom stereocenters. The van der Waals surface area contributed by atoms with Crippen LogP contribution in [-0.4, -0.2) is 14.0 Å². The summed E-state index contributed by atoms with van der Waals surface area (Å²) >= 11 is -1.67. The fraction of sp³-hybridized carbons (Fsp3) is 0.636. The fourth-order valence-electron chi connectivity index (χ4n) is 2.63. The smallest absolute Gasteiger partial charge is 0.156 e. The van der Waals surface area contributed by atoms with Crippen LogP contribution >= 0.6 is 0 Å². The van der Waals surface area contributed by atoms with Gasteiger partial charge in [-0.3, -0.25) is 0 Å². The van der Waals surface area contributed by atoms with E-state index in [1.54, 1.807) is 0 Å². The molecule has 0 saturated heterocycles. The largest absolute Gasteiger partial charge is 0.306 e. The molecule has 0 spiro atoms. The summed E-state index contributed by atoms with van der Waals surface area (Å²) in [7, 11) is 0. The summed E-state index contributed by atoms with van der Waals surface area (Å²) in [6.45, 7) is 2.23. The number of rotatable bonds is 1. The summed E-state index contributed by atoms with van der Waals surface area (Å²) in [6.07, 6.45) is 10.3. The minimum Gasteiger partial charge on any atom is -0.306 e. The van der Waals surface area contributed by atoms with Gasteiger partial charge in [-0.1, -0.05) is 31.2 Å². The molecule has 1 N–H and O–H groups in total. The lowest BCUT2D eigenvalue weighted by atomic mass is 9.71. The quantitative estimate of drug-likeness (QED) is 0.677. The van der Waals surface area contributed by atoms with Crippen molar-refractivity contribution in [1.29, 1.82) is 0 Å². The molecule has 0 heterocycles. The molecule has 0 aromatic heterocycles. The molecule has 3 heteroatoms. The molecule has 2 aliphatic rings. The first-order valence-electron chi connectivity index (χ1n) is 5.15. The van der Waals surface area contributed by atoms with E-state index in [1.165, 1.54) is 0 Å². The molecule has 14 heavy (non-hydrogen) atoms. The Morgan fingerprint density at radius 2 is 1.86 bits per heavy atom. The molecule has 2 aliphatic carbocycles. The molecule has 1 saturated carbocycles. The number of allylic oxidation sites excluding steroid dienone is 4. The van der Waals surface area contributed by atoms with Crippen LogP contribution in [0.2, 0.25) is 0 Å². The molecule has 0 radical (unpaired) electrons. The van der Waals surface area contributed by atoms with Crippen molar-refractivity contribution in [2.24, 2.45) is 17.8 Å². The molecule has 0 aliphatic heterocycles.